The number of amides is 1. The summed E-state index contributed by atoms with van der Waals surface area (Å²) in [5, 5.41) is 11.5. The second-order valence-corrected chi connectivity index (χ2v) is 5.13. The summed E-state index contributed by atoms with van der Waals surface area (Å²) in [6.07, 6.45) is -0.0858. The van der Waals surface area contributed by atoms with Gasteiger partial charge in [0.1, 0.15) is 6.04 Å². The maximum absolute atomic E-state index is 12.0. The van der Waals surface area contributed by atoms with Crippen LogP contribution in [0.3, 0.4) is 0 Å². The number of rotatable bonds is 7. The van der Waals surface area contributed by atoms with E-state index in [1.807, 2.05) is 0 Å². The molecule has 2 N–H and O–H groups in total. The van der Waals surface area contributed by atoms with E-state index < -0.39 is 23.9 Å². The van der Waals surface area contributed by atoms with Crippen molar-refractivity contribution < 1.29 is 24.2 Å². The standard InChI is InChI=1S/C14H16BrNO5/c1-2-21-12(17)7-6-11(14(19)20)16-13(18)9-4-3-5-10(15)8-9/h3-5,8,11H,2,6-7H2,1H3,(H,16,18)(H,19,20)/t11-/m0/s1. The lowest BCUT2D eigenvalue weighted by atomic mass is 10.1. The number of esters is 1. The van der Waals surface area contributed by atoms with E-state index in [1.54, 1.807) is 31.2 Å². The van der Waals surface area contributed by atoms with Gasteiger partial charge >= 0.3 is 11.9 Å². The Morgan fingerprint density at radius 3 is 2.67 bits per heavy atom. The summed E-state index contributed by atoms with van der Waals surface area (Å²) in [7, 11) is 0. The Kier molecular flexibility index (Phi) is 6.87. The Bertz CT molecular complexity index is 532. The lowest BCUT2D eigenvalue weighted by molar-refractivity contribution is -0.144. The highest BCUT2D eigenvalue weighted by atomic mass is 79.9. The zero-order chi connectivity index (χ0) is 15.8. The minimum atomic E-state index is -1.19. The van der Waals surface area contributed by atoms with Crippen LogP contribution in [0, 0.1) is 0 Å². The molecule has 0 saturated carbocycles. The average Bonchev–Trinajstić information content (AvgIpc) is 2.43. The summed E-state index contributed by atoms with van der Waals surface area (Å²) >= 11 is 3.24. The molecule has 7 heteroatoms. The van der Waals surface area contributed by atoms with Gasteiger partial charge in [0.15, 0.2) is 0 Å². The van der Waals surface area contributed by atoms with Gasteiger partial charge in [-0.05, 0) is 31.5 Å². The van der Waals surface area contributed by atoms with Crippen molar-refractivity contribution >= 4 is 33.8 Å². The fourth-order valence-electron chi connectivity index (χ4n) is 1.62. The quantitative estimate of drug-likeness (QED) is 0.727. The van der Waals surface area contributed by atoms with Crippen molar-refractivity contribution in [3.05, 3.63) is 34.3 Å². The van der Waals surface area contributed by atoms with Crippen LogP contribution in [0.25, 0.3) is 0 Å². The van der Waals surface area contributed by atoms with Crippen molar-refractivity contribution in [2.24, 2.45) is 0 Å². The topological polar surface area (TPSA) is 92.7 Å². The maximum atomic E-state index is 12.0. The molecule has 0 radical (unpaired) electrons. The second kappa shape index (κ2) is 8.41. The third kappa shape index (κ3) is 5.95. The van der Waals surface area contributed by atoms with E-state index in [9.17, 15) is 14.4 Å². The largest absolute Gasteiger partial charge is 0.480 e. The molecule has 1 rings (SSSR count). The summed E-state index contributed by atoms with van der Waals surface area (Å²) in [4.78, 5) is 34.3. The van der Waals surface area contributed by atoms with Crippen LogP contribution in [0.1, 0.15) is 30.1 Å². The molecule has 1 atom stereocenters. The van der Waals surface area contributed by atoms with Gasteiger partial charge in [0.2, 0.25) is 0 Å². The number of carboxylic acid groups (broad SMARTS) is 1. The number of hydrogen-bond donors (Lipinski definition) is 2. The molecule has 1 aromatic carbocycles. The molecular weight excluding hydrogens is 342 g/mol. The van der Waals surface area contributed by atoms with E-state index in [0.29, 0.717) is 10.0 Å². The molecule has 1 aromatic rings. The van der Waals surface area contributed by atoms with Crippen LogP contribution in [0.2, 0.25) is 0 Å². The molecular formula is C14H16BrNO5. The first kappa shape index (κ1) is 17.2. The van der Waals surface area contributed by atoms with Crippen molar-refractivity contribution in [3.8, 4) is 0 Å². The number of aliphatic carboxylic acids is 1. The zero-order valence-corrected chi connectivity index (χ0v) is 13.1. The number of nitrogens with one attached hydrogen (secondary N) is 1. The smallest absolute Gasteiger partial charge is 0.326 e. The molecule has 0 fully saturated rings. The van der Waals surface area contributed by atoms with Crippen LogP contribution in [0.15, 0.2) is 28.7 Å². The molecule has 0 heterocycles. The molecule has 0 aliphatic carbocycles. The molecule has 0 unspecified atom stereocenters. The van der Waals surface area contributed by atoms with Crippen LogP contribution in [-0.2, 0) is 14.3 Å². The number of halogens is 1. The van der Waals surface area contributed by atoms with Crippen molar-refractivity contribution in [1.29, 1.82) is 0 Å². The van der Waals surface area contributed by atoms with Crippen molar-refractivity contribution in [1.82, 2.24) is 5.32 Å². The molecule has 0 aromatic heterocycles. The van der Waals surface area contributed by atoms with Crippen LogP contribution >= 0.6 is 15.9 Å². The maximum Gasteiger partial charge on any atom is 0.326 e. The Hall–Kier alpha value is -1.89. The summed E-state index contributed by atoms with van der Waals surface area (Å²) in [5.41, 5.74) is 0.340. The van der Waals surface area contributed by atoms with Gasteiger partial charge in [-0.3, -0.25) is 9.59 Å². The minimum absolute atomic E-state index is 0.0199. The third-order valence-corrected chi connectivity index (χ3v) is 3.13. The predicted molar refractivity (Wildman–Crippen MR) is 78.9 cm³/mol. The van der Waals surface area contributed by atoms with Gasteiger partial charge in [0.05, 0.1) is 6.61 Å². The summed E-state index contributed by atoms with van der Waals surface area (Å²) in [6, 6.07) is 5.45. The van der Waals surface area contributed by atoms with E-state index in [-0.39, 0.29) is 19.4 Å². The van der Waals surface area contributed by atoms with Crippen LogP contribution in [-0.4, -0.2) is 35.6 Å². The van der Waals surface area contributed by atoms with Gasteiger partial charge in [-0.1, -0.05) is 22.0 Å². The van der Waals surface area contributed by atoms with E-state index in [1.165, 1.54) is 0 Å². The molecule has 114 valence electrons. The van der Waals surface area contributed by atoms with Crippen molar-refractivity contribution in [3.63, 3.8) is 0 Å². The summed E-state index contributed by atoms with van der Waals surface area (Å²) in [6.45, 7) is 1.91. The third-order valence-electron chi connectivity index (χ3n) is 2.63. The average molecular weight is 358 g/mol. The Balaban J connectivity index is 2.64. The molecule has 0 aliphatic heterocycles. The van der Waals surface area contributed by atoms with Gasteiger partial charge in [-0.25, -0.2) is 4.79 Å². The highest BCUT2D eigenvalue weighted by Gasteiger charge is 2.22. The summed E-state index contributed by atoms with van der Waals surface area (Å²) in [5.74, 6) is -2.18. The normalized spacial score (nSPS) is 11.5. The number of carboxylic acids is 1. The first-order valence-corrected chi connectivity index (χ1v) is 7.18. The Labute approximate surface area is 130 Å². The predicted octanol–water partition coefficient (Wildman–Crippen LogP) is 1.98. The number of hydrogen-bond acceptors (Lipinski definition) is 4. The van der Waals surface area contributed by atoms with Crippen LogP contribution in [0.5, 0.6) is 0 Å². The van der Waals surface area contributed by atoms with Gasteiger partial charge < -0.3 is 15.2 Å². The molecule has 1 amide bonds. The fraction of sp³-hybridized carbons (Fsp3) is 0.357. The number of carbonyl (C=O) groups is 3. The van der Waals surface area contributed by atoms with Gasteiger partial charge in [0, 0.05) is 16.5 Å². The molecule has 0 bridgehead atoms. The van der Waals surface area contributed by atoms with Crippen molar-refractivity contribution in [2.75, 3.05) is 6.61 Å². The van der Waals surface area contributed by atoms with E-state index >= 15 is 0 Å². The lowest BCUT2D eigenvalue weighted by Gasteiger charge is -2.14. The first-order valence-electron chi connectivity index (χ1n) is 6.39. The second-order valence-electron chi connectivity index (χ2n) is 4.22. The highest BCUT2D eigenvalue weighted by molar-refractivity contribution is 9.10. The Morgan fingerprint density at radius 2 is 2.10 bits per heavy atom. The van der Waals surface area contributed by atoms with E-state index in [2.05, 4.69) is 21.2 Å². The van der Waals surface area contributed by atoms with Crippen LogP contribution in [0.4, 0.5) is 0 Å². The van der Waals surface area contributed by atoms with E-state index in [0.717, 1.165) is 0 Å². The Morgan fingerprint density at radius 1 is 1.38 bits per heavy atom. The minimum Gasteiger partial charge on any atom is -0.480 e. The molecule has 21 heavy (non-hydrogen) atoms. The monoisotopic (exact) mass is 357 g/mol. The number of carbonyl (C=O) groups excluding carboxylic acids is 2. The lowest BCUT2D eigenvalue weighted by Crippen LogP contribution is -2.41. The SMILES string of the molecule is CCOC(=O)CC[C@H](NC(=O)c1cccc(Br)c1)C(=O)O. The van der Waals surface area contributed by atoms with E-state index in [4.69, 9.17) is 9.84 Å². The van der Waals surface area contributed by atoms with Gasteiger partial charge in [-0.15, -0.1) is 0 Å². The molecule has 0 aliphatic rings. The highest BCUT2D eigenvalue weighted by Crippen LogP contribution is 2.12. The number of ether oxygens (including phenoxy) is 1. The molecule has 0 saturated heterocycles. The zero-order valence-electron chi connectivity index (χ0n) is 11.5. The fourth-order valence-corrected chi connectivity index (χ4v) is 2.02. The van der Waals surface area contributed by atoms with Gasteiger partial charge in [-0.2, -0.15) is 0 Å². The molecule has 6 nitrogen and oxygen atoms in total. The van der Waals surface area contributed by atoms with Crippen LogP contribution < -0.4 is 5.32 Å². The number of benzene rings is 1. The van der Waals surface area contributed by atoms with Crippen molar-refractivity contribution in [2.45, 2.75) is 25.8 Å². The first-order chi connectivity index (χ1) is 9.93. The summed E-state index contributed by atoms with van der Waals surface area (Å²) < 4.78 is 5.44. The van der Waals surface area contributed by atoms with Gasteiger partial charge in [0.25, 0.3) is 5.91 Å². The molecule has 0 spiro atoms.